The number of rotatable bonds is 6. The second-order valence-electron chi connectivity index (χ2n) is 6.72. The van der Waals surface area contributed by atoms with Gasteiger partial charge in [-0.25, -0.2) is 0 Å². The van der Waals surface area contributed by atoms with Crippen LogP contribution in [0.3, 0.4) is 0 Å². The molecule has 1 aliphatic rings. The lowest BCUT2D eigenvalue weighted by Gasteiger charge is -2.22. The van der Waals surface area contributed by atoms with E-state index in [-0.39, 0.29) is 17.5 Å². The van der Waals surface area contributed by atoms with Crippen LogP contribution < -0.4 is 19.5 Å². The van der Waals surface area contributed by atoms with Crippen molar-refractivity contribution in [2.45, 2.75) is 19.9 Å². The van der Waals surface area contributed by atoms with Gasteiger partial charge < -0.3 is 19.5 Å². The van der Waals surface area contributed by atoms with Gasteiger partial charge in [-0.05, 0) is 48.9 Å². The summed E-state index contributed by atoms with van der Waals surface area (Å²) in [6.07, 6.45) is 0. The van der Waals surface area contributed by atoms with Gasteiger partial charge in [0.2, 0.25) is 0 Å². The highest BCUT2D eigenvalue weighted by atomic mass is 16.6. The Balaban J connectivity index is 1.66. The van der Waals surface area contributed by atoms with Crippen molar-refractivity contribution in [3.8, 4) is 22.9 Å². The first kappa shape index (κ1) is 18.8. The third kappa shape index (κ3) is 3.73. The average Bonchev–Trinajstić information content (AvgIpc) is 3.17. The van der Waals surface area contributed by atoms with Crippen LogP contribution in [-0.4, -0.2) is 41.1 Å². The van der Waals surface area contributed by atoms with Crippen molar-refractivity contribution in [2.75, 3.05) is 25.6 Å². The van der Waals surface area contributed by atoms with Gasteiger partial charge >= 0.3 is 0 Å². The molecule has 1 atom stereocenters. The molecule has 1 aromatic heterocycles. The van der Waals surface area contributed by atoms with Crippen molar-refractivity contribution in [1.29, 1.82) is 0 Å². The molecule has 0 bridgehead atoms. The molecule has 2 heterocycles. The number of nitrogens with zero attached hydrogens (tertiary/aromatic N) is 3. The number of anilines is 1. The molecule has 0 amide bonds. The molecule has 0 spiro atoms. The van der Waals surface area contributed by atoms with E-state index in [0.717, 1.165) is 28.5 Å². The first-order chi connectivity index (χ1) is 14.1. The Hall–Kier alpha value is -3.55. The topological polar surface area (TPSA) is 87.5 Å². The Kier molecular flexibility index (Phi) is 5.07. The largest absolute Gasteiger partial charge is 0.497 e. The van der Waals surface area contributed by atoms with Gasteiger partial charge in [0, 0.05) is 6.92 Å². The monoisotopic (exact) mass is 394 g/mol. The van der Waals surface area contributed by atoms with Crippen LogP contribution in [0, 0.1) is 0 Å². The summed E-state index contributed by atoms with van der Waals surface area (Å²) in [5, 5.41) is 11.6. The summed E-state index contributed by atoms with van der Waals surface area (Å²) in [7, 11) is 1.61. The van der Waals surface area contributed by atoms with Crippen LogP contribution >= 0.6 is 0 Å². The lowest BCUT2D eigenvalue weighted by molar-refractivity contribution is 0.101. The Bertz CT molecular complexity index is 1030. The number of ether oxygens (including phenoxy) is 3. The fourth-order valence-corrected chi connectivity index (χ4v) is 3.17. The number of hydrogen-bond donors (Lipinski definition) is 1. The zero-order valence-electron chi connectivity index (χ0n) is 16.5. The Morgan fingerprint density at radius 2 is 1.86 bits per heavy atom. The number of Topliss-reactive ketones (excluding diaryl/α,β-unsaturated/α-hetero) is 1. The van der Waals surface area contributed by atoms with Gasteiger partial charge in [0.15, 0.2) is 28.8 Å². The Morgan fingerprint density at radius 3 is 2.55 bits per heavy atom. The smallest absolute Gasteiger partial charge is 0.183 e. The number of nitrogens with one attached hydrogen (secondary N) is 1. The molecule has 1 N–H and O–H groups in total. The molecule has 1 aliphatic heterocycles. The Labute approximate surface area is 168 Å². The third-order valence-corrected chi connectivity index (χ3v) is 4.74. The van der Waals surface area contributed by atoms with Crippen LogP contribution in [0.4, 0.5) is 5.82 Å². The molecular formula is C21H22N4O4. The van der Waals surface area contributed by atoms with E-state index >= 15 is 0 Å². The fourth-order valence-electron chi connectivity index (χ4n) is 3.17. The van der Waals surface area contributed by atoms with E-state index in [0.29, 0.717) is 19.0 Å². The van der Waals surface area contributed by atoms with Crippen LogP contribution in [0.1, 0.15) is 35.9 Å². The van der Waals surface area contributed by atoms with Crippen LogP contribution in [-0.2, 0) is 0 Å². The van der Waals surface area contributed by atoms with Crippen LogP contribution in [0.25, 0.3) is 5.69 Å². The lowest BCUT2D eigenvalue weighted by atomic mass is 10.1. The number of carbonyl (C=O) groups is 1. The van der Waals surface area contributed by atoms with Crippen molar-refractivity contribution in [3.63, 3.8) is 0 Å². The quantitative estimate of drug-likeness (QED) is 0.641. The molecule has 2 aromatic carbocycles. The molecule has 0 radical (unpaired) electrons. The SMILES string of the molecule is COc1ccc(-n2nnc(C(C)=O)c2NC(C)c2ccc3c(c2)OCCO3)cc1. The molecule has 4 rings (SSSR count). The van der Waals surface area contributed by atoms with Crippen LogP contribution in [0.15, 0.2) is 42.5 Å². The van der Waals surface area contributed by atoms with Crippen LogP contribution in [0.2, 0.25) is 0 Å². The summed E-state index contributed by atoms with van der Waals surface area (Å²) in [6, 6.07) is 13.1. The van der Waals surface area contributed by atoms with Gasteiger partial charge in [0.05, 0.1) is 18.8 Å². The van der Waals surface area contributed by atoms with Gasteiger partial charge in [0.25, 0.3) is 0 Å². The summed E-state index contributed by atoms with van der Waals surface area (Å²) in [4.78, 5) is 12.1. The van der Waals surface area contributed by atoms with Crippen molar-refractivity contribution in [3.05, 3.63) is 53.7 Å². The van der Waals surface area contributed by atoms with E-state index in [1.807, 2.05) is 49.4 Å². The number of methoxy groups -OCH3 is 1. The average molecular weight is 394 g/mol. The second-order valence-corrected chi connectivity index (χ2v) is 6.72. The molecule has 3 aromatic rings. The van der Waals surface area contributed by atoms with Crippen molar-refractivity contribution >= 4 is 11.6 Å². The predicted octanol–water partition coefficient (Wildman–Crippen LogP) is 3.42. The van der Waals surface area contributed by atoms with Gasteiger partial charge in [-0.3, -0.25) is 4.79 Å². The molecule has 29 heavy (non-hydrogen) atoms. The maximum atomic E-state index is 12.1. The predicted molar refractivity (Wildman–Crippen MR) is 107 cm³/mol. The number of fused-ring (bicyclic) bond motifs is 1. The van der Waals surface area contributed by atoms with Crippen molar-refractivity contribution in [1.82, 2.24) is 15.0 Å². The number of benzene rings is 2. The summed E-state index contributed by atoms with van der Waals surface area (Å²) in [5.74, 6) is 2.56. The minimum absolute atomic E-state index is 0.126. The summed E-state index contributed by atoms with van der Waals surface area (Å²) in [6.45, 7) is 4.55. The maximum Gasteiger partial charge on any atom is 0.183 e. The molecule has 0 aliphatic carbocycles. The normalized spacial score (nSPS) is 13.6. The molecule has 150 valence electrons. The number of ketones is 1. The number of carbonyl (C=O) groups excluding carboxylic acids is 1. The standard InChI is InChI=1S/C21H22N4O4/c1-13(15-4-9-18-19(12-15)29-11-10-28-18)22-21-20(14(2)26)23-24-25(21)16-5-7-17(27-3)8-6-16/h4-9,12-13,22H,10-11H2,1-3H3. The van der Waals surface area contributed by atoms with Gasteiger partial charge in [0.1, 0.15) is 19.0 Å². The zero-order chi connectivity index (χ0) is 20.4. The second kappa shape index (κ2) is 7.83. The first-order valence-electron chi connectivity index (χ1n) is 9.34. The van der Waals surface area contributed by atoms with Gasteiger partial charge in [-0.2, -0.15) is 4.68 Å². The number of aromatic nitrogens is 3. The van der Waals surface area contributed by atoms with E-state index in [4.69, 9.17) is 14.2 Å². The molecule has 8 heteroatoms. The summed E-state index contributed by atoms with van der Waals surface area (Å²) in [5.41, 5.74) is 2.04. The number of hydrogen-bond acceptors (Lipinski definition) is 7. The molecule has 8 nitrogen and oxygen atoms in total. The lowest BCUT2D eigenvalue weighted by Crippen LogP contribution is -2.17. The third-order valence-electron chi connectivity index (χ3n) is 4.74. The Morgan fingerprint density at radius 1 is 1.14 bits per heavy atom. The highest BCUT2D eigenvalue weighted by Crippen LogP contribution is 2.34. The summed E-state index contributed by atoms with van der Waals surface area (Å²) < 4.78 is 18.1. The van der Waals surface area contributed by atoms with E-state index in [9.17, 15) is 4.79 Å². The highest BCUT2D eigenvalue weighted by Gasteiger charge is 2.21. The minimum atomic E-state index is -0.165. The van der Waals surface area contributed by atoms with E-state index in [1.165, 1.54) is 6.92 Å². The van der Waals surface area contributed by atoms with Crippen LogP contribution in [0.5, 0.6) is 17.2 Å². The fraction of sp³-hybridized carbons (Fsp3) is 0.286. The maximum absolute atomic E-state index is 12.1. The first-order valence-corrected chi connectivity index (χ1v) is 9.34. The van der Waals surface area contributed by atoms with Gasteiger partial charge in [-0.15, -0.1) is 5.10 Å². The molecule has 0 saturated carbocycles. The zero-order valence-corrected chi connectivity index (χ0v) is 16.5. The minimum Gasteiger partial charge on any atom is -0.497 e. The van der Waals surface area contributed by atoms with E-state index in [2.05, 4.69) is 15.6 Å². The van der Waals surface area contributed by atoms with Crippen molar-refractivity contribution in [2.24, 2.45) is 0 Å². The van der Waals surface area contributed by atoms with E-state index in [1.54, 1.807) is 11.8 Å². The molecule has 0 fully saturated rings. The summed E-state index contributed by atoms with van der Waals surface area (Å²) >= 11 is 0. The molecule has 1 unspecified atom stereocenters. The molecular weight excluding hydrogens is 372 g/mol. The molecule has 0 saturated heterocycles. The highest BCUT2D eigenvalue weighted by molar-refractivity contribution is 5.97. The van der Waals surface area contributed by atoms with E-state index < -0.39 is 0 Å². The van der Waals surface area contributed by atoms with Gasteiger partial charge in [-0.1, -0.05) is 11.3 Å². The van der Waals surface area contributed by atoms with Crippen molar-refractivity contribution < 1.29 is 19.0 Å².